The van der Waals surface area contributed by atoms with Crippen molar-refractivity contribution < 1.29 is 9.84 Å². The minimum atomic E-state index is -1.19. The number of para-hydroxylation sites is 1. The highest BCUT2D eigenvalue weighted by Gasteiger charge is 2.37. The highest BCUT2D eigenvalue weighted by molar-refractivity contribution is 5.74. The predicted molar refractivity (Wildman–Crippen MR) is 95.7 cm³/mol. The molecule has 3 aromatic carbocycles. The van der Waals surface area contributed by atoms with E-state index in [0.717, 1.165) is 28.0 Å². The van der Waals surface area contributed by atoms with Crippen LogP contribution in [0.1, 0.15) is 18.1 Å². The fourth-order valence-electron chi connectivity index (χ4n) is 3.29. The first kappa shape index (κ1) is 14.7. The highest BCUT2D eigenvalue weighted by atomic mass is 16.5. The number of fused-ring (bicyclic) bond motifs is 1. The Balaban J connectivity index is 1.96. The molecule has 2 heteroatoms. The summed E-state index contributed by atoms with van der Waals surface area (Å²) < 4.78 is 6.04. The molecule has 0 aromatic heterocycles. The number of allylic oxidation sites excluding steroid dienone is 1. The fourth-order valence-corrected chi connectivity index (χ4v) is 3.29. The monoisotopic (exact) mass is 314 g/mol. The van der Waals surface area contributed by atoms with Gasteiger partial charge in [-0.3, -0.25) is 0 Å². The van der Waals surface area contributed by atoms with E-state index in [9.17, 15) is 5.11 Å². The molecule has 4 rings (SSSR count). The molecule has 0 radical (unpaired) electrons. The Kier molecular flexibility index (Phi) is 3.47. The van der Waals surface area contributed by atoms with Crippen LogP contribution in [-0.2, 0) is 5.60 Å². The zero-order chi connectivity index (χ0) is 16.6. The quantitative estimate of drug-likeness (QED) is 0.730. The standard InChI is InChI=1S/C22H18O2/c1-16-15-22(23,18-11-6-3-7-12-18)20-14-8-13-19(21(20)24-16)17-9-4-2-5-10-17/h2-15,23H,1H3. The summed E-state index contributed by atoms with van der Waals surface area (Å²) in [6.45, 7) is 1.87. The van der Waals surface area contributed by atoms with Crippen LogP contribution in [0.4, 0.5) is 0 Å². The molecule has 0 spiro atoms. The van der Waals surface area contributed by atoms with E-state index in [2.05, 4.69) is 0 Å². The summed E-state index contributed by atoms with van der Waals surface area (Å²) >= 11 is 0. The van der Waals surface area contributed by atoms with Gasteiger partial charge in [0.1, 0.15) is 17.1 Å². The molecule has 0 fully saturated rings. The summed E-state index contributed by atoms with van der Waals surface area (Å²) in [4.78, 5) is 0. The van der Waals surface area contributed by atoms with Gasteiger partial charge in [-0.05, 0) is 24.1 Å². The van der Waals surface area contributed by atoms with Crippen molar-refractivity contribution in [3.8, 4) is 16.9 Å². The first-order valence-corrected chi connectivity index (χ1v) is 8.02. The van der Waals surface area contributed by atoms with Crippen molar-refractivity contribution in [2.75, 3.05) is 0 Å². The molecule has 0 aliphatic carbocycles. The third kappa shape index (κ3) is 2.32. The lowest BCUT2D eigenvalue weighted by molar-refractivity contribution is 0.119. The zero-order valence-corrected chi connectivity index (χ0v) is 13.4. The first-order valence-electron chi connectivity index (χ1n) is 8.02. The van der Waals surface area contributed by atoms with Crippen LogP contribution in [0.5, 0.6) is 5.75 Å². The van der Waals surface area contributed by atoms with Gasteiger partial charge in [0.05, 0.1) is 0 Å². The topological polar surface area (TPSA) is 29.5 Å². The third-order valence-corrected chi connectivity index (χ3v) is 4.40. The number of rotatable bonds is 2. The van der Waals surface area contributed by atoms with Crippen molar-refractivity contribution >= 4 is 0 Å². The number of benzene rings is 3. The fraction of sp³-hybridized carbons (Fsp3) is 0.0909. The molecule has 0 bridgehead atoms. The van der Waals surface area contributed by atoms with Crippen LogP contribution in [0.2, 0.25) is 0 Å². The number of aliphatic hydroxyl groups is 1. The summed E-state index contributed by atoms with van der Waals surface area (Å²) in [6, 6.07) is 25.7. The summed E-state index contributed by atoms with van der Waals surface area (Å²) in [5.41, 5.74) is 2.46. The largest absolute Gasteiger partial charge is 0.461 e. The molecule has 1 heterocycles. The molecule has 0 amide bonds. The van der Waals surface area contributed by atoms with Crippen molar-refractivity contribution in [2.24, 2.45) is 0 Å². The average molecular weight is 314 g/mol. The van der Waals surface area contributed by atoms with Crippen molar-refractivity contribution in [3.63, 3.8) is 0 Å². The summed E-state index contributed by atoms with van der Waals surface area (Å²) in [5.74, 6) is 1.41. The molecule has 118 valence electrons. The molecular weight excluding hydrogens is 296 g/mol. The molecule has 3 aromatic rings. The summed E-state index contributed by atoms with van der Waals surface area (Å²) in [6.07, 6.45) is 1.78. The Morgan fingerprint density at radius 3 is 2.17 bits per heavy atom. The van der Waals surface area contributed by atoms with Crippen LogP contribution >= 0.6 is 0 Å². The number of hydrogen-bond donors (Lipinski definition) is 1. The number of hydrogen-bond acceptors (Lipinski definition) is 2. The van der Waals surface area contributed by atoms with E-state index < -0.39 is 5.60 Å². The molecule has 1 unspecified atom stereocenters. The molecule has 1 aliphatic rings. The summed E-state index contributed by atoms with van der Waals surface area (Å²) in [7, 11) is 0. The molecule has 1 aliphatic heterocycles. The second kappa shape index (κ2) is 5.66. The average Bonchev–Trinajstić information content (AvgIpc) is 2.63. The van der Waals surface area contributed by atoms with Gasteiger partial charge in [-0.15, -0.1) is 0 Å². The van der Waals surface area contributed by atoms with Crippen LogP contribution in [0.3, 0.4) is 0 Å². The maximum atomic E-state index is 11.5. The Morgan fingerprint density at radius 2 is 1.46 bits per heavy atom. The van der Waals surface area contributed by atoms with Crippen LogP contribution < -0.4 is 4.74 Å². The second-order valence-corrected chi connectivity index (χ2v) is 6.04. The molecule has 24 heavy (non-hydrogen) atoms. The second-order valence-electron chi connectivity index (χ2n) is 6.04. The van der Waals surface area contributed by atoms with E-state index in [0.29, 0.717) is 5.76 Å². The van der Waals surface area contributed by atoms with Gasteiger partial charge in [0.2, 0.25) is 0 Å². The van der Waals surface area contributed by atoms with Gasteiger partial charge >= 0.3 is 0 Å². The van der Waals surface area contributed by atoms with E-state index in [1.165, 1.54) is 0 Å². The van der Waals surface area contributed by atoms with Gasteiger partial charge in [-0.2, -0.15) is 0 Å². The predicted octanol–water partition coefficient (Wildman–Crippen LogP) is 4.89. The van der Waals surface area contributed by atoms with Crippen molar-refractivity contribution in [2.45, 2.75) is 12.5 Å². The van der Waals surface area contributed by atoms with Gasteiger partial charge in [-0.25, -0.2) is 0 Å². The van der Waals surface area contributed by atoms with Gasteiger partial charge in [0.25, 0.3) is 0 Å². The lowest BCUT2D eigenvalue weighted by atomic mass is 9.82. The van der Waals surface area contributed by atoms with Crippen LogP contribution in [0, 0.1) is 0 Å². The van der Waals surface area contributed by atoms with E-state index in [4.69, 9.17) is 4.74 Å². The Bertz CT molecular complexity index is 898. The molecule has 1 N–H and O–H groups in total. The smallest absolute Gasteiger partial charge is 0.141 e. The van der Waals surface area contributed by atoms with E-state index >= 15 is 0 Å². The van der Waals surface area contributed by atoms with E-state index in [-0.39, 0.29) is 0 Å². The lowest BCUT2D eigenvalue weighted by Gasteiger charge is -2.33. The van der Waals surface area contributed by atoms with Crippen molar-refractivity contribution in [1.82, 2.24) is 0 Å². The minimum absolute atomic E-state index is 0.692. The first-order chi connectivity index (χ1) is 11.7. The molecule has 0 saturated heterocycles. The maximum Gasteiger partial charge on any atom is 0.141 e. The van der Waals surface area contributed by atoms with Gasteiger partial charge in [-0.1, -0.05) is 78.9 Å². The van der Waals surface area contributed by atoms with Crippen molar-refractivity contribution in [1.29, 1.82) is 0 Å². The third-order valence-electron chi connectivity index (χ3n) is 4.40. The minimum Gasteiger partial charge on any atom is -0.461 e. The molecule has 2 nitrogen and oxygen atoms in total. The Hall–Kier alpha value is -2.84. The summed E-state index contributed by atoms with van der Waals surface area (Å²) in [5, 5.41) is 11.5. The highest BCUT2D eigenvalue weighted by Crippen LogP contribution is 2.46. The SMILES string of the molecule is CC1=CC(O)(c2ccccc2)c2cccc(-c3ccccc3)c2O1. The molecule has 0 saturated carbocycles. The van der Waals surface area contributed by atoms with Gasteiger partial charge < -0.3 is 9.84 Å². The molecular formula is C22H18O2. The Morgan fingerprint density at radius 1 is 0.792 bits per heavy atom. The Labute approximate surface area is 141 Å². The van der Waals surface area contributed by atoms with Crippen LogP contribution in [-0.4, -0.2) is 5.11 Å². The molecule has 1 atom stereocenters. The lowest BCUT2D eigenvalue weighted by Crippen LogP contribution is -2.29. The van der Waals surface area contributed by atoms with E-state index in [1.807, 2.05) is 85.8 Å². The van der Waals surface area contributed by atoms with Crippen LogP contribution in [0.25, 0.3) is 11.1 Å². The maximum absolute atomic E-state index is 11.5. The van der Waals surface area contributed by atoms with E-state index in [1.54, 1.807) is 6.08 Å². The van der Waals surface area contributed by atoms with Gasteiger partial charge in [0.15, 0.2) is 0 Å². The number of ether oxygens (including phenoxy) is 1. The van der Waals surface area contributed by atoms with Crippen LogP contribution in [0.15, 0.2) is 90.7 Å². The van der Waals surface area contributed by atoms with Gasteiger partial charge in [0, 0.05) is 11.1 Å². The normalized spacial score (nSPS) is 19.2. The zero-order valence-electron chi connectivity index (χ0n) is 13.4. The van der Waals surface area contributed by atoms with Crippen molar-refractivity contribution in [3.05, 3.63) is 102 Å².